The van der Waals surface area contributed by atoms with E-state index in [0.29, 0.717) is 5.92 Å². The Morgan fingerprint density at radius 3 is 2.82 bits per heavy atom. The average molecular weight is 310 g/mol. The quantitative estimate of drug-likeness (QED) is 0.736. The van der Waals surface area contributed by atoms with Crippen LogP contribution in [0.2, 0.25) is 0 Å². The molecular formula is C17H26O5. The van der Waals surface area contributed by atoms with Gasteiger partial charge in [0.05, 0.1) is 12.7 Å². The molecule has 0 radical (unpaired) electrons. The summed E-state index contributed by atoms with van der Waals surface area (Å²) in [4.78, 5) is 0. The van der Waals surface area contributed by atoms with Crippen LogP contribution in [0.4, 0.5) is 0 Å². The van der Waals surface area contributed by atoms with Crippen LogP contribution in [-0.4, -0.2) is 46.5 Å². The predicted octanol–water partition coefficient (Wildman–Crippen LogP) is 1.48. The number of fused-ring (bicyclic) bond motifs is 1. The van der Waals surface area contributed by atoms with Gasteiger partial charge in [-0.25, -0.2) is 0 Å². The third kappa shape index (κ3) is 3.38. The van der Waals surface area contributed by atoms with E-state index in [1.54, 1.807) is 0 Å². The van der Waals surface area contributed by atoms with Crippen molar-refractivity contribution in [2.24, 2.45) is 11.8 Å². The van der Waals surface area contributed by atoms with Gasteiger partial charge in [0.25, 0.3) is 0 Å². The summed E-state index contributed by atoms with van der Waals surface area (Å²) in [5.41, 5.74) is 1.51. The highest BCUT2D eigenvalue weighted by Gasteiger charge is 2.38. The topological polar surface area (TPSA) is 79.2 Å². The van der Waals surface area contributed by atoms with Gasteiger partial charge in [0.1, 0.15) is 18.0 Å². The van der Waals surface area contributed by atoms with Crippen LogP contribution in [0, 0.1) is 11.8 Å². The molecule has 5 heteroatoms. The van der Waals surface area contributed by atoms with E-state index in [1.165, 1.54) is 24.8 Å². The Bertz CT molecular complexity index is 458. The lowest BCUT2D eigenvalue weighted by Gasteiger charge is -2.38. The zero-order valence-electron chi connectivity index (χ0n) is 13.0. The highest BCUT2D eigenvalue weighted by molar-refractivity contribution is 5.25. The molecule has 0 bridgehead atoms. The Balaban J connectivity index is 1.62. The fourth-order valence-corrected chi connectivity index (χ4v) is 3.69. The molecule has 1 saturated heterocycles. The molecule has 2 unspecified atom stereocenters. The molecular weight excluding hydrogens is 284 g/mol. The molecule has 1 aliphatic heterocycles. The zero-order valence-corrected chi connectivity index (χ0v) is 13.0. The van der Waals surface area contributed by atoms with E-state index in [4.69, 9.17) is 9.47 Å². The van der Waals surface area contributed by atoms with E-state index in [2.05, 4.69) is 13.0 Å². The second-order valence-electron chi connectivity index (χ2n) is 6.86. The van der Waals surface area contributed by atoms with Crippen molar-refractivity contribution in [1.29, 1.82) is 0 Å². The van der Waals surface area contributed by atoms with E-state index in [1.807, 2.05) is 6.08 Å². The molecule has 1 saturated carbocycles. The van der Waals surface area contributed by atoms with Gasteiger partial charge in [-0.2, -0.15) is 0 Å². The monoisotopic (exact) mass is 310 g/mol. The second kappa shape index (κ2) is 6.71. The molecule has 2 fully saturated rings. The van der Waals surface area contributed by atoms with E-state index < -0.39 is 24.6 Å². The minimum absolute atomic E-state index is 0.216. The Morgan fingerprint density at radius 2 is 2.05 bits per heavy atom. The number of hydrogen-bond donors (Lipinski definition) is 3. The maximum atomic E-state index is 9.84. The van der Waals surface area contributed by atoms with E-state index in [0.717, 1.165) is 18.1 Å². The summed E-state index contributed by atoms with van der Waals surface area (Å²) >= 11 is 0. The lowest BCUT2D eigenvalue weighted by molar-refractivity contribution is -0.246. The lowest BCUT2D eigenvalue weighted by atomic mass is 9.75. The number of aliphatic hydroxyl groups excluding tert-OH is 3. The van der Waals surface area contributed by atoms with Crippen LogP contribution in [0.5, 0.6) is 0 Å². The third-order valence-electron chi connectivity index (χ3n) is 5.05. The summed E-state index contributed by atoms with van der Waals surface area (Å²) in [5, 5.41) is 28.8. The molecule has 124 valence electrons. The number of hydrogen-bond acceptors (Lipinski definition) is 5. The van der Waals surface area contributed by atoms with Crippen molar-refractivity contribution in [3.63, 3.8) is 0 Å². The summed E-state index contributed by atoms with van der Waals surface area (Å²) in [6.45, 7) is 1.96. The maximum Gasteiger partial charge on any atom is 0.202 e. The highest BCUT2D eigenvalue weighted by atomic mass is 16.7. The standard InChI is InChI=1S/C17H26O5/c1-10-2-3-12-7-13(5-4-11(12)6-10)21-16-8-14(19)17(20)15(9-18)22-16/h4-5,10,12,14-20H,2-3,6-9H2,1H3/t10?,12?,14-,15-,16-,17+/m1/s1. The SMILES string of the molecule is CC1CCC2CC(O[C@H]3C[C@@H](O)[C@H](O)[C@@H](CO)O3)=CC=C2C1. The summed E-state index contributed by atoms with van der Waals surface area (Å²) in [7, 11) is 0. The Morgan fingerprint density at radius 1 is 1.23 bits per heavy atom. The van der Waals surface area contributed by atoms with Crippen molar-refractivity contribution in [3.05, 3.63) is 23.5 Å². The van der Waals surface area contributed by atoms with E-state index >= 15 is 0 Å². The molecule has 0 aromatic heterocycles. The molecule has 22 heavy (non-hydrogen) atoms. The largest absolute Gasteiger partial charge is 0.469 e. The Hall–Kier alpha value is -0.880. The fourth-order valence-electron chi connectivity index (χ4n) is 3.69. The first-order valence-corrected chi connectivity index (χ1v) is 8.25. The first kappa shape index (κ1) is 16.0. The zero-order chi connectivity index (χ0) is 15.7. The summed E-state index contributed by atoms with van der Waals surface area (Å²) in [6, 6.07) is 0. The van der Waals surface area contributed by atoms with Crippen LogP contribution >= 0.6 is 0 Å². The van der Waals surface area contributed by atoms with Crippen LogP contribution in [-0.2, 0) is 9.47 Å². The molecule has 1 heterocycles. The Kier molecular flexibility index (Phi) is 4.88. The minimum Gasteiger partial charge on any atom is -0.469 e. The molecule has 3 rings (SSSR count). The van der Waals surface area contributed by atoms with Crippen molar-refractivity contribution >= 4 is 0 Å². The molecule has 0 spiro atoms. The van der Waals surface area contributed by atoms with Crippen molar-refractivity contribution in [1.82, 2.24) is 0 Å². The van der Waals surface area contributed by atoms with Crippen LogP contribution in [0.15, 0.2) is 23.5 Å². The van der Waals surface area contributed by atoms with Crippen molar-refractivity contribution in [2.45, 2.75) is 63.6 Å². The van der Waals surface area contributed by atoms with Crippen LogP contribution in [0.3, 0.4) is 0 Å². The first-order valence-electron chi connectivity index (χ1n) is 8.25. The second-order valence-corrected chi connectivity index (χ2v) is 6.86. The van der Waals surface area contributed by atoms with Crippen molar-refractivity contribution < 1.29 is 24.8 Å². The fraction of sp³-hybridized carbons (Fsp3) is 0.765. The lowest BCUT2D eigenvalue weighted by Crippen LogP contribution is -2.50. The smallest absolute Gasteiger partial charge is 0.202 e. The molecule has 0 aromatic rings. The van der Waals surface area contributed by atoms with E-state index in [9.17, 15) is 15.3 Å². The van der Waals surface area contributed by atoms with Gasteiger partial charge in [-0.05, 0) is 37.2 Å². The first-order chi connectivity index (χ1) is 10.6. The van der Waals surface area contributed by atoms with Crippen molar-refractivity contribution in [2.75, 3.05) is 6.61 Å². The number of allylic oxidation sites excluding steroid dienone is 4. The summed E-state index contributed by atoms with van der Waals surface area (Å²) < 4.78 is 11.4. The molecule has 0 amide bonds. The number of rotatable bonds is 3. The number of aliphatic hydroxyl groups is 3. The van der Waals surface area contributed by atoms with Gasteiger partial charge in [-0.15, -0.1) is 0 Å². The molecule has 2 aliphatic carbocycles. The van der Waals surface area contributed by atoms with Gasteiger partial charge in [-0.3, -0.25) is 0 Å². The minimum atomic E-state index is -1.06. The molecule has 3 aliphatic rings. The third-order valence-corrected chi connectivity index (χ3v) is 5.05. The highest BCUT2D eigenvalue weighted by Crippen LogP contribution is 2.40. The van der Waals surface area contributed by atoms with Crippen LogP contribution in [0.1, 0.15) is 39.0 Å². The van der Waals surface area contributed by atoms with Gasteiger partial charge in [0.15, 0.2) is 0 Å². The number of ether oxygens (including phenoxy) is 2. The molecule has 5 nitrogen and oxygen atoms in total. The van der Waals surface area contributed by atoms with Gasteiger partial charge in [-0.1, -0.05) is 18.6 Å². The summed E-state index contributed by atoms with van der Waals surface area (Å²) in [5.74, 6) is 2.19. The van der Waals surface area contributed by atoms with E-state index in [-0.39, 0.29) is 13.0 Å². The van der Waals surface area contributed by atoms with Crippen LogP contribution < -0.4 is 0 Å². The Labute approximate surface area is 131 Å². The molecule has 3 N–H and O–H groups in total. The molecule has 0 aromatic carbocycles. The van der Waals surface area contributed by atoms with Gasteiger partial charge in [0.2, 0.25) is 6.29 Å². The molecule has 6 atom stereocenters. The van der Waals surface area contributed by atoms with Gasteiger partial charge >= 0.3 is 0 Å². The average Bonchev–Trinajstić information content (AvgIpc) is 2.51. The van der Waals surface area contributed by atoms with Crippen LogP contribution in [0.25, 0.3) is 0 Å². The van der Waals surface area contributed by atoms with Gasteiger partial charge < -0.3 is 24.8 Å². The summed E-state index contributed by atoms with van der Waals surface area (Å²) in [6.07, 6.45) is 5.49. The predicted molar refractivity (Wildman–Crippen MR) is 80.8 cm³/mol. The van der Waals surface area contributed by atoms with Crippen molar-refractivity contribution in [3.8, 4) is 0 Å². The normalized spacial score (nSPS) is 42.2. The maximum absolute atomic E-state index is 9.84. The van der Waals surface area contributed by atoms with Gasteiger partial charge in [0, 0.05) is 12.8 Å².